The Kier molecular flexibility index (Phi) is 1.90. The first-order valence-electron chi connectivity index (χ1n) is 5.20. The third kappa shape index (κ3) is 1.16. The summed E-state index contributed by atoms with van der Waals surface area (Å²) in [5.41, 5.74) is -0.940. The molecule has 0 amide bonds. The molecule has 4 heteroatoms. The van der Waals surface area contributed by atoms with E-state index in [4.69, 9.17) is 0 Å². The zero-order chi connectivity index (χ0) is 10.6. The maximum Gasteiger partial charge on any atom is 0.232 e. The van der Waals surface area contributed by atoms with Crippen LogP contribution in [0.5, 0.6) is 0 Å². The fourth-order valence-corrected chi connectivity index (χ4v) is 3.43. The van der Waals surface area contributed by atoms with E-state index in [1.54, 1.807) is 0 Å². The highest BCUT2D eigenvalue weighted by Crippen LogP contribution is 2.62. The van der Waals surface area contributed by atoms with Crippen molar-refractivity contribution in [1.82, 2.24) is 0 Å². The number of aliphatic hydroxyl groups is 1. The third-order valence-corrected chi connectivity index (χ3v) is 4.45. The van der Waals surface area contributed by atoms with E-state index in [0.29, 0.717) is 12.3 Å². The SMILES string of the molecule is CC1(C)[C@@H]2CC[C@](O)(C[N+](=O)[O-])[C@H]1C2. The van der Waals surface area contributed by atoms with Crippen molar-refractivity contribution in [2.45, 2.75) is 38.7 Å². The molecule has 0 saturated heterocycles. The van der Waals surface area contributed by atoms with Crippen molar-refractivity contribution in [3.63, 3.8) is 0 Å². The molecule has 0 heterocycles. The molecule has 3 aliphatic rings. The highest BCUT2D eigenvalue weighted by atomic mass is 16.6. The van der Waals surface area contributed by atoms with Gasteiger partial charge in [-0.2, -0.15) is 0 Å². The van der Waals surface area contributed by atoms with Crippen LogP contribution in [0.1, 0.15) is 33.1 Å². The van der Waals surface area contributed by atoms with Crippen molar-refractivity contribution in [2.75, 3.05) is 6.54 Å². The van der Waals surface area contributed by atoms with Crippen LogP contribution in [0.2, 0.25) is 0 Å². The second kappa shape index (κ2) is 2.69. The van der Waals surface area contributed by atoms with Crippen LogP contribution in [0.4, 0.5) is 0 Å². The van der Waals surface area contributed by atoms with Crippen LogP contribution in [0.3, 0.4) is 0 Å². The summed E-state index contributed by atoms with van der Waals surface area (Å²) in [5, 5.41) is 20.7. The Bertz CT molecular complexity index is 275. The van der Waals surface area contributed by atoms with Crippen molar-refractivity contribution in [1.29, 1.82) is 0 Å². The van der Waals surface area contributed by atoms with Gasteiger partial charge >= 0.3 is 0 Å². The van der Waals surface area contributed by atoms with Gasteiger partial charge in [-0.05, 0) is 36.5 Å². The predicted octanol–water partition coefficient (Wildman–Crippen LogP) is 1.45. The van der Waals surface area contributed by atoms with Gasteiger partial charge in [0.1, 0.15) is 5.60 Å². The smallest absolute Gasteiger partial charge is 0.232 e. The molecular weight excluding hydrogens is 182 g/mol. The van der Waals surface area contributed by atoms with Gasteiger partial charge < -0.3 is 5.11 Å². The number of fused-ring (bicyclic) bond motifs is 2. The van der Waals surface area contributed by atoms with Crippen molar-refractivity contribution in [3.8, 4) is 0 Å². The Morgan fingerprint density at radius 3 is 2.64 bits per heavy atom. The molecule has 1 N–H and O–H groups in total. The molecule has 3 fully saturated rings. The largest absolute Gasteiger partial charge is 0.383 e. The molecule has 0 spiro atoms. The Labute approximate surface area is 83.5 Å². The van der Waals surface area contributed by atoms with Crippen LogP contribution in [0.25, 0.3) is 0 Å². The van der Waals surface area contributed by atoms with E-state index in [1.807, 2.05) is 0 Å². The Morgan fingerprint density at radius 1 is 1.57 bits per heavy atom. The van der Waals surface area contributed by atoms with Gasteiger partial charge in [0.2, 0.25) is 6.54 Å². The first-order valence-corrected chi connectivity index (χ1v) is 5.20. The quantitative estimate of drug-likeness (QED) is 0.540. The summed E-state index contributed by atoms with van der Waals surface area (Å²) >= 11 is 0. The molecule has 0 aliphatic heterocycles. The number of nitro groups is 1. The topological polar surface area (TPSA) is 63.4 Å². The van der Waals surface area contributed by atoms with Crippen LogP contribution in [0, 0.1) is 27.4 Å². The predicted molar refractivity (Wildman–Crippen MR) is 51.4 cm³/mol. The number of hydrogen-bond acceptors (Lipinski definition) is 3. The molecule has 0 radical (unpaired) electrons. The molecule has 2 bridgehead atoms. The van der Waals surface area contributed by atoms with Crippen LogP contribution in [-0.4, -0.2) is 22.2 Å². The number of rotatable bonds is 2. The maximum atomic E-state index is 10.5. The number of nitrogens with zero attached hydrogens (tertiary/aromatic N) is 1. The second-order valence-corrected chi connectivity index (χ2v) is 5.44. The molecule has 0 aromatic heterocycles. The second-order valence-electron chi connectivity index (χ2n) is 5.44. The molecule has 3 atom stereocenters. The zero-order valence-electron chi connectivity index (χ0n) is 8.69. The lowest BCUT2D eigenvalue weighted by molar-refractivity contribution is -0.510. The zero-order valence-corrected chi connectivity index (χ0v) is 8.69. The van der Waals surface area contributed by atoms with Gasteiger partial charge in [-0.1, -0.05) is 13.8 Å². The molecule has 0 unspecified atom stereocenters. The molecule has 3 aliphatic carbocycles. The van der Waals surface area contributed by atoms with Gasteiger partial charge in [-0.3, -0.25) is 10.1 Å². The minimum atomic E-state index is -1.04. The van der Waals surface area contributed by atoms with Crippen molar-refractivity contribution < 1.29 is 10.0 Å². The Balaban J connectivity index is 2.17. The maximum absolute atomic E-state index is 10.5. The lowest BCUT2D eigenvalue weighted by Crippen LogP contribution is -2.63. The Hall–Kier alpha value is -0.640. The van der Waals surface area contributed by atoms with Crippen LogP contribution in [0.15, 0.2) is 0 Å². The summed E-state index contributed by atoms with van der Waals surface area (Å²) in [5.74, 6) is 0.790. The van der Waals surface area contributed by atoms with Crippen molar-refractivity contribution >= 4 is 0 Å². The molecule has 3 saturated carbocycles. The number of hydrogen-bond donors (Lipinski definition) is 1. The third-order valence-electron chi connectivity index (χ3n) is 4.45. The standard InChI is InChI=1S/C10H17NO3/c1-9(2)7-3-4-10(12,6-11(13)14)8(9)5-7/h7-8,12H,3-6H2,1-2H3/t7-,8+,10+/m1/s1. The van der Waals surface area contributed by atoms with Crippen LogP contribution in [-0.2, 0) is 0 Å². The lowest BCUT2D eigenvalue weighted by atomic mass is 9.44. The fraction of sp³-hybridized carbons (Fsp3) is 1.00. The molecule has 0 aromatic carbocycles. The van der Waals surface area contributed by atoms with Gasteiger partial charge in [0.25, 0.3) is 0 Å². The highest BCUT2D eigenvalue weighted by molar-refractivity contribution is 5.10. The van der Waals surface area contributed by atoms with Crippen LogP contribution < -0.4 is 0 Å². The average Bonchev–Trinajstić information content (AvgIpc) is 2.00. The average molecular weight is 199 g/mol. The molecular formula is C10H17NO3. The molecule has 0 aromatic rings. The summed E-state index contributed by atoms with van der Waals surface area (Å²) in [6, 6.07) is 0. The highest BCUT2D eigenvalue weighted by Gasteiger charge is 2.62. The van der Waals surface area contributed by atoms with Gasteiger partial charge in [0, 0.05) is 4.92 Å². The summed E-state index contributed by atoms with van der Waals surface area (Å²) in [6.07, 6.45) is 2.51. The van der Waals surface area contributed by atoms with Crippen LogP contribution >= 0.6 is 0 Å². The Morgan fingerprint density at radius 2 is 2.21 bits per heavy atom. The minimum Gasteiger partial charge on any atom is -0.383 e. The van der Waals surface area contributed by atoms with E-state index < -0.39 is 5.60 Å². The van der Waals surface area contributed by atoms with Gasteiger partial charge in [-0.15, -0.1) is 0 Å². The minimum absolute atomic E-state index is 0.100. The fourth-order valence-electron chi connectivity index (χ4n) is 3.43. The molecule has 14 heavy (non-hydrogen) atoms. The first kappa shape index (κ1) is 9.90. The van der Waals surface area contributed by atoms with E-state index in [2.05, 4.69) is 13.8 Å². The molecule has 3 rings (SSSR count). The summed E-state index contributed by atoms with van der Waals surface area (Å²) in [6.45, 7) is 3.96. The van der Waals surface area contributed by atoms with Crippen molar-refractivity contribution in [2.24, 2.45) is 17.3 Å². The van der Waals surface area contributed by atoms with E-state index in [0.717, 1.165) is 12.8 Å². The van der Waals surface area contributed by atoms with E-state index in [-0.39, 0.29) is 22.8 Å². The summed E-state index contributed by atoms with van der Waals surface area (Å²) in [7, 11) is 0. The monoisotopic (exact) mass is 199 g/mol. The van der Waals surface area contributed by atoms with E-state index in [1.165, 1.54) is 0 Å². The van der Waals surface area contributed by atoms with E-state index in [9.17, 15) is 15.2 Å². The summed E-state index contributed by atoms with van der Waals surface area (Å²) in [4.78, 5) is 10.1. The normalized spacial score (nSPS) is 44.2. The van der Waals surface area contributed by atoms with E-state index >= 15 is 0 Å². The van der Waals surface area contributed by atoms with Crippen molar-refractivity contribution in [3.05, 3.63) is 10.1 Å². The lowest BCUT2D eigenvalue weighted by Gasteiger charge is -2.62. The molecule has 4 nitrogen and oxygen atoms in total. The molecule has 80 valence electrons. The first-order chi connectivity index (χ1) is 6.36. The van der Waals surface area contributed by atoms with Gasteiger partial charge in [0.05, 0.1) is 0 Å². The van der Waals surface area contributed by atoms with Gasteiger partial charge in [0.15, 0.2) is 0 Å². The van der Waals surface area contributed by atoms with Gasteiger partial charge in [-0.25, -0.2) is 0 Å². The summed E-state index contributed by atoms with van der Waals surface area (Å²) < 4.78 is 0.